The molecule has 7 nitrogen and oxygen atoms in total. The van der Waals surface area contributed by atoms with Gasteiger partial charge in [0.2, 0.25) is 0 Å². The lowest BCUT2D eigenvalue weighted by Crippen LogP contribution is -2.38. The van der Waals surface area contributed by atoms with E-state index in [2.05, 4.69) is 26.9 Å². The molecule has 1 aromatic carbocycles. The van der Waals surface area contributed by atoms with Crippen LogP contribution in [0.1, 0.15) is 40.6 Å². The van der Waals surface area contributed by atoms with Gasteiger partial charge in [0.25, 0.3) is 5.91 Å². The number of carbonyl (C=O) groups excluding carboxylic acids is 2. The van der Waals surface area contributed by atoms with Crippen molar-refractivity contribution in [3.8, 4) is 0 Å². The van der Waals surface area contributed by atoms with Crippen LogP contribution in [0.25, 0.3) is 0 Å². The number of ether oxygens (including phenoxy) is 1. The van der Waals surface area contributed by atoms with Crippen molar-refractivity contribution in [3.05, 3.63) is 47.9 Å². The number of likely N-dealkylation sites (tertiary alicyclic amines) is 1. The third-order valence-corrected chi connectivity index (χ3v) is 4.52. The lowest BCUT2D eigenvalue weighted by Gasteiger charge is -2.29. The summed E-state index contributed by atoms with van der Waals surface area (Å²) in [5.74, 6) is 0.742. The number of anilines is 2. The van der Waals surface area contributed by atoms with Crippen molar-refractivity contribution in [2.24, 2.45) is 5.92 Å². The molecule has 0 aliphatic carbocycles. The fourth-order valence-electron chi connectivity index (χ4n) is 2.83. The Hall–Kier alpha value is -2.96. The molecule has 0 spiro atoms. The Morgan fingerprint density at radius 3 is 2.38 bits per heavy atom. The first-order valence-corrected chi connectivity index (χ1v) is 8.63. The molecule has 0 radical (unpaired) electrons. The SMILES string of the molecule is COC(=O)c1ccc(Nc2cnc(C(=O)N3CCC(C)CC3)cn2)cc1. The molecule has 3 rings (SSSR count). The zero-order valence-electron chi connectivity index (χ0n) is 14.9. The highest BCUT2D eigenvalue weighted by atomic mass is 16.5. The molecule has 1 fully saturated rings. The maximum atomic E-state index is 12.5. The van der Waals surface area contributed by atoms with Crippen LogP contribution in [0.5, 0.6) is 0 Å². The van der Waals surface area contributed by atoms with Crippen molar-refractivity contribution in [1.29, 1.82) is 0 Å². The lowest BCUT2D eigenvalue weighted by atomic mass is 9.99. The highest BCUT2D eigenvalue weighted by Gasteiger charge is 2.22. The monoisotopic (exact) mass is 354 g/mol. The summed E-state index contributed by atoms with van der Waals surface area (Å²) < 4.78 is 4.67. The number of nitrogens with zero attached hydrogens (tertiary/aromatic N) is 3. The number of methoxy groups -OCH3 is 1. The van der Waals surface area contributed by atoms with Crippen LogP contribution in [0.15, 0.2) is 36.7 Å². The predicted octanol–water partition coefficient (Wildman–Crippen LogP) is 2.88. The summed E-state index contributed by atoms with van der Waals surface area (Å²) >= 11 is 0. The van der Waals surface area contributed by atoms with Crippen LogP contribution in [-0.4, -0.2) is 46.9 Å². The van der Waals surface area contributed by atoms with E-state index in [-0.39, 0.29) is 11.9 Å². The zero-order valence-corrected chi connectivity index (χ0v) is 14.9. The van der Waals surface area contributed by atoms with Gasteiger partial charge in [-0.15, -0.1) is 0 Å². The summed E-state index contributed by atoms with van der Waals surface area (Å²) in [6.45, 7) is 3.75. The number of amides is 1. The van der Waals surface area contributed by atoms with E-state index < -0.39 is 0 Å². The molecule has 1 aliphatic rings. The Morgan fingerprint density at radius 2 is 1.81 bits per heavy atom. The minimum Gasteiger partial charge on any atom is -0.465 e. The first kappa shape index (κ1) is 17.8. The highest BCUT2D eigenvalue weighted by Crippen LogP contribution is 2.18. The molecular weight excluding hydrogens is 332 g/mol. The minimum absolute atomic E-state index is 0.0709. The number of hydrogen-bond donors (Lipinski definition) is 1. The van der Waals surface area contributed by atoms with Crippen molar-refractivity contribution >= 4 is 23.4 Å². The van der Waals surface area contributed by atoms with E-state index in [1.165, 1.54) is 19.5 Å². The van der Waals surface area contributed by atoms with Gasteiger partial charge in [0.15, 0.2) is 0 Å². The second-order valence-corrected chi connectivity index (χ2v) is 6.46. The van der Waals surface area contributed by atoms with Crippen LogP contribution in [0.2, 0.25) is 0 Å². The third-order valence-electron chi connectivity index (χ3n) is 4.52. The molecule has 2 heterocycles. The lowest BCUT2D eigenvalue weighted by molar-refractivity contribution is 0.0600. The summed E-state index contributed by atoms with van der Waals surface area (Å²) in [5.41, 5.74) is 1.59. The van der Waals surface area contributed by atoms with Gasteiger partial charge in [-0.1, -0.05) is 6.92 Å². The average molecular weight is 354 g/mol. The summed E-state index contributed by atoms with van der Waals surface area (Å²) in [4.78, 5) is 34.2. The number of hydrogen-bond acceptors (Lipinski definition) is 6. The second-order valence-electron chi connectivity index (χ2n) is 6.46. The molecule has 2 aromatic rings. The van der Waals surface area contributed by atoms with E-state index in [0.717, 1.165) is 31.6 Å². The summed E-state index contributed by atoms with van der Waals surface area (Å²) in [7, 11) is 1.34. The van der Waals surface area contributed by atoms with Crippen LogP contribution in [-0.2, 0) is 4.74 Å². The smallest absolute Gasteiger partial charge is 0.337 e. The van der Waals surface area contributed by atoms with E-state index in [1.807, 2.05) is 4.90 Å². The van der Waals surface area contributed by atoms with Gasteiger partial charge < -0.3 is 15.0 Å². The molecule has 0 unspecified atom stereocenters. The van der Waals surface area contributed by atoms with Crippen molar-refractivity contribution in [2.75, 3.05) is 25.5 Å². The highest BCUT2D eigenvalue weighted by molar-refractivity contribution is 5.92. The molecule has 7 heteroatoms. The maximum absolute atomic E-state index is 12.5. The van der Waals surface area contributed by atoms with Crippen LogP contribution in [0.3, 0.4) is 0 Å². The van der Waals surface area contributed by atoms with Gasteiger partial charge in [0, 0.05) is 18.8 Å². The minimum atomic E-state index is -0.383. The van der Waals surface area contributed by atoms with Crippen LogP contribution < -0.4 is 5.32 Å². The van der Waals surface area contributed by atoms with Crippen molar-refractivity contribution < 1.29 is 14.3 Å². The van der Waals surface area contributed by atoms with Crippen LogP contribution >= 0.6 is 0 Å². The van der Waals surface area contributed by atoms with Gasteiger partial charge in [0.1, 0.15) is 11.5 Å². The average Bonchev–Trinajstić information content (AvgIpc) is 2.68. The molecule has 26 heavy (non-hydrogen) atoms. The van der Waals surface area contributed by atoms with Crippen molar-refractivity contribution in [2.45, 2.75) is 19.8 Å². The van der Waals surface area contributed by atoms with E-state index >= 15 is 0 Å². The Balaban J connectivity index is 1.62. The largest absolute Gasteiger partial charge is 0.465 e. The Morgan fingerprint density at radius 1 is 1.12 bits per heavy atom. The van der Waals surface area contributed by atoms with Gasteiger partial charge in [-0.05, 0) is 43.0 Å². The predicted molar refractivity (Wildman–Crippen MR) is 97.4 cm³/mol. The molecule has 0 bridgehead atoms. The molecule has 0 atom stereocenters. The maximum Gasteiger partial charge on any atom is 0.337 e. The van der Waals surface area contributed by atoms with Gasteiger partial charge in [-0.3, -0.25) is 4.79 Å². The van der Waals surface area contributed by atoms with Crippen molar-refractivity contribution in [1.82, 2.24) is 14.9 Å². The number of piperidine rings is 1. The summed E-state index contributed by atoms with van der Waals surface area (Å²) in [6, 6.07) is 6.83. The summed E-state index contributed by atoms with van der Waals surface area (Å²) in [6.07, 6.45) is 5.08. The molecule has 1 aliphatic heterocycles. The second kappa shape index (κ2) is 7.95. The van der Waals surface area contributed by atoms with E-state index in [9.17, 15) is 9.59 Å². The van der Waals surface area contributed by atoms with Gasteiger partial charge in [0.05, 0.1) is 25.1 Å². The molecule has 136 valence electrons. The first-order chi connectivity index (χ1) is 12.6. The van der Waals surface area contributed by atoms with Crippen molar-refractivity contribution in [3.63, 3.8) is 0 Å². The fraction of sp³-hybridized carbons (Fsp3) is 0.368. The van der Waals surface area contributed by atoms with E-state index in [4.69, 9.17) is 0 Å². The molecular formula is C19H22N4O3. The molecule has 1 N–H and O–H groups in total. The first-order valence-electron chi connectivity index (χ1n) is 8.63. The standard InChI is InChI=1S/C19H22N4O3/c1-13-7-9-23(10-8-13)18(24)16-11-21-17(12-20-16)22-15-5-3-14(4-6-15)19(25)26-2/h3-6,11-13H,7-10H2,1-2H3,(H,21,22). The number of rotatable bonds is 4. The van der Waals surface area contributed by atoms with E-state index in [0.29, 0.717) is 23.0 Å². The topological polar surface area (TPSA) is 84.4 Å². The fourth-order valence-corrected chi connectivity index (χ4v) is 2.83. The molecule has 1 amide bonds. The molecule has 1 saturated heterocycles. The number of carbonyl (C=O) groups is 2. The Bertz CT molecular complexity index is 766. The van der Waals surface area contributed by atoms with E-state index in [1.54, 1.807) is 24.3 Å². The summed E-state index contributed by atoms with van der Waals surface area (Å²) in [5, 5.41) is 3.09. The van der Waals surface area contributed by atoms with Gasteiger partial charge in [-0.2, -0.15) is 0 Å². The normalized spacial score (nSPS) is 14.8. The zero-order chi connectivity index (χ0) is 18.5. The number of esters is 1. The van der Waals surface area contributed by atoms with Crippen LogP contribution in [0, 0.1) is 5.92 Å². The number of nitrogens with one attached hydrogen (secondary N) is 1. The Kier molecular flexibility index (Phi) is 5.46. The van der Waals surface area contributed by atoms with Gasteiger partial charge in [-0.25, -0.2) is 14.8 Å². The quantitative estimate of drug-likeness (QED) is 0.850. The third kappa shape index (κ3) is 4.17. The van der Waals surface area contributed by atoms with Gasteiger partial charge >= 0.3 is 5.97 Å². The number of aromatic nitrogens is 2. The molecule has 0 saturated carbocycles. The molecule has 1 aromatic heterocycles. The Labute approximate surface area is 152 Å². The number of benzene rings is 1. The van der Waals surface area contributed by atoms with Crippen LogP contribution in [0.4, 0.5) is 11.5 Å².